The first kappa shape index (κ1) is 9.52. The first-order chi connectivity index (χ1) is 5.74. The van der Waals surface area contributed by atoms with Crippen molar-refractivity contribution < 1.29 is 4.79 Å². The minimum Gasteiger partial charge on any atom is -0.330 e. The van der Waals surface area contributed by atoms with Gasteiger partial charge in [-0.25, -0.2) is 0 Å². The van der Waals surface area contributed by atoms with Crippen molar-refractivity contribution in [1.82, 2.24) is 9.80 Å². The second kappa shape index (κ2) is 4.45. The van der Waals surface area contributed by atoms with Crippen LogP contribution in [0.1, 0.15) is 26.2 Å². The third-order valence-corrected chi connectivity index (χ3v) is 2.37. The highest BCUT2D eigenvalue weighted by Crippen LogP contribution is 2.10. The van der Waals surface area contributed by atoms with Crippen molar-refractivity contribution in [3.8, 4) is 0 Å². The molecule has 0 aromatic heterocycles. The fourth-order valence-electron chi connectivity index (χ4n) is 1.40. The van der Waals surface area contributed by atoms with Crippen molar-refractivity contribution in [3.05, 3.63) is 0 Å². The van der Waals surface area contributed by atoms with Crippen LogP contribution in [0.5, 0.6) is 0 Å². The number of carbonyl (C=O) groups excluding carboxylic acids is 1. The van der Waals surface area contributed by atoms with E-state index in [9.17, 15) is 4.79 Å². The molecule has 1 saturated heterocycles. The Morgan fingerprint density at radius 1 is 1.50 bits per heavy atom. The van der Waals surface area contributed by atoms with E-state index in [0.717, 1.165) is 32.6 Å². The maximum absolute atomic E-state index is 11.3. The molecule has 12 heavy (non-hydrogen) atoms. The number of piperidine rings is 1. The van der Waals surface area contributed by atoms with Gasteiger partial charge in [0.05, 0.1) is 6.67 Å². The molecule has 1 aliphatic heterocycles. The maximum Gasteiger partial charge on any atom is 0.223 e. The van der Waals surface area contributed by atoms with E-state index in [1.54, 1.807) is 0 Å². The molecule has 0 aliphatic carbocycles. The second-order valence-electron chi connectivity index (χ2n) is 3.43. The van der Waals surface area contributed by atoms with Gasteiger partial charge in [-0.3, -0.25) is 9.69 Å². The van der Waals surface area contributed by atoms with Gasteiger partial charge in [0.15, 0.2) is 0 Å². The Morgan fingerprint density at radius 2 is 2.25 bits per heavy atom. The summed E-state index contributed by atoms with van der Waals surface area (Å²) in [5, 5.41) is 0. The van der Waals surface area contributed by atoms with E-state index in [4.69, 9.17) is 0 Å². The van der Waals surface area contributed by atoms with Gasteiger partial charge >= 0.3 is 0 Å². The first-order valence-electron chi connectivity index (χ1n) is 4.70. The van der Waals surface area contributed by atoms with Gasteiger partial charge in [-0.15, -0.1) is 0 Å². The summed E-state index contributed by atoms with van der Waals surface area (Å²) in [5.74, 6) is 0.321. The van der Waals surface area contributed by atoms with Gasteiger partial charge in [-0.2, -0.15) is 0 Å². The minimum atomic E-state index is 0.321. The van der Waals surface area contributed by atoms with Crippen LogP contribution in [-0.2, 0) is 4.79 Å². The monoisotopic (exact) mass is 170 g/mol. The van der Waals surface area contributed by atoms with Crippen molar-refractivity contribution in [1.29, 1.82) is 0 Å². The van der Waals surface area contributed by atoms with Crippen molar-refractivity contribution >= 4 is 5.91 Å². The molecular formula is C9H18N2O. The molecule has 0 unspecified atom stereocenters. The molecule has 0 bridgehead atoms. The highest BCUT2D eigenvalue weighted by Gasteiger charge is 2.18. The Labute approximate surface area is 74.3 Å². The second-order valence-corrected chi connectivity index (χ2v) is 3.43. The predicted octanol–water partition coefficient (Wildman–Crippen LogP) is 0.908. The van der Waals surface area contributed by atoms with Gasteiger partial charge in [0.2, 0.25) is 5.91 Å². The Kier molecular flexibility index (Phi) is 3.53. The van der Waals surface area contributed by atoms with Crippen LogP contribution in [0.2, 0.25) is 0 Å². The zero-order valence-corrected chi connectivity index (χ0v) is 8.05. The molecule has 0 N–H and O–H groups in total. The van der Waals surface area contributed by atoms with Crippen LogP contribution in [0.15, 0.2) is 0 Å². The molecule has 0 atom stereocenters. The average Bonchev–Trinajstić information content (AvgIpc) is 2.09. The van der Waals surface area contributed by atoms with Crippen LogP contribution in [0.3, 0.4) is 0 Å². The first-order valence-corrected chi connectivity index (χ1v) is 4.70. The highest BCUT2D eigenvalue weighted by atomic mass is 16.2. The lowest BCUT2D eigenvalue weighted by molar-refractivity contribution is -0.135. The molecule has 0 aromatic rings. The molecule has 0 radical (unpaired) electrons. The molecule has 1 heterocycles. The topological polar surface area (TPSA) is 23.6 Å². The van der Waals surface area contributed by atoms with E-state index in [1.165, 1.54) is 6.42 Å². The van der Waals surface area contributed by atoms with E-state index in [0.29, 0.717) is 5.91 Å². The molecule has 0 spiro atoms. The summed E-state index contributed by atoms with van der Waals surface area (Å²) in [4.78, 5) is 15.5. The molecule has 3 heteroatoms. The quantitative estimate of drug-likeness (QED) is 0.628. The van der Waals surface area contributed by atoms with E-state index >= 15 is 0 Å². The maximum atomic E-state index is 11.3. The number of carbonyl (C=O) groups is 1. The Morgan fingerprint density at radius 3 is 2.83 bits per heavy atom. The summed E-state index contributed by atoms with van der Waals surface area (Å²) in [6.45, 7) is 4.86. The number of rotatable bonds is 3. The van der Waals surface area contributed by atoms with Crippen LogP contribution in [0.25, 0.3) is 0 Å². The molecule has 3 nitrogen and oxygen atoms in total. The molecular weight excluding hydrogens is 152 g/mol. The molecule has 1 rings (SSSR count). The van der Waals surface area contributed by atoms with Crippen LogP contribution in [0, 0.1) is 0 Å². The van der Waals surface area contributed by atoms with Crippen LogP contribution in [0.4, 0.5) is 0 Å². The smallest absolute Gasteiger partial charge is 0.223 e. The summed E-state index contributed by atoms with van der Waals surface area (Å²) in [6, 6.07) is 0. The molecule has 0 aromatic carbocycles. The zero-order chi connectivity index (χ0) is 8.97. The Bertz CT molecular complexity index is 159. The van der Waals surface area contributed by atoms with Gasteiger partial charge in [0, 0.05) is 13.0 Å². The summed E-state index contributed by atoms with van der Waals surface area (Å²) >= 11 is 0. The number of hydrogen-bond acceptors (Lipinski definition) is 2. The number of hydrogen-bond donors (Lipinski definition) is 0. The number of amides is 1. The van der Waals surface area contributed by atoms with E-state index in [2.05, 4.69) is 11.8 Å². The third-order valence-electron chi connectivity index (χ3n) is 2.37. The Hall–Kier alpha value is -0.570. The molecule has 1 aliphatic rings. The standard InChI is InChI=1S/C9H18N2O/c1-3-10(2)8-11-7-5-4-6-9(11)12/h3-8H2,1-2H3. The normalized spacial score (nSPS) is 18.9. The Balaban J connectivity index is 2.34. The third kappa shape index (κ3) is 2.48. The number of nitrogens with zero attached hydrogens (tertiary/aromatic N) is 2. The molecule has 0 saturated carbocycles. The van der Waals surface area contributed by atoms with Crippen LogP contribution < -0.4 is 0 Å². The largest absolute Gasteiger partial charge is 0.330 e. The summed E-state index contributed by atoms with van der Waals surface area (Å²) in [7, 11) is 2.04. The van der Waals surface area contributed by atoms with Gasteiger partial charge in [-0.05, 0) is 26.4 Å². The van der Waals surface area contributed by atoms with Crippen molar-refractivity contribution in [2.45, 2.75) is 26.2 Å². The SMILES string of the molecule is CCN(C)CN1CCCCC1=O. The van der Waals surface area contributed by atoms with E-state index < -0.39 is 0 Å². The molecule has 70 valence electrons. The predicted molar refractivity (Wildman–Crippen MR) is 48.7 cm³/mol. The van der Waals surface area contributed by atoms with Gasteiger partial charge in [-0.1, -0.05) is 6.92 Å². The fraction of sp³-hybridized carbons (Fsp3) is 0.889. The highest BCUT2D eigenvalue weighted by molar-refractivity contribution is 5.76. The van der Waals surface area contributed by atoms with Gasteiger partial charge in [0.1, 0.15) is 0 Å². The van der Waals surface area contributed by atoms with Crippen molar-refractivity contribution in [2.24, 2.45) is 0 Å². The van der Waals surface area contributed by atoms with Crippen molar-refractivity contribution in [2.75, 3.05) is 26.8 Å². The summed E-state index contributed by atoms with van der Waals surface area (Å²) in [5.41, 5.74) is 0. The molecule has 1 amide bonds. The number of likely N-dealkylation sites (tertiary alicyclic amines) is 1. The summed E-state index contributed by atoms with van der Waals surface area (Å²) in [6.07, 6.45) is 2.99. The van der Waals surface area contributed by atoms with E-state index in [-0.39, 0.29) is 0 Å². The summed E-state index contributed by atoms with van der Waals surface area (Å²) < 4.78 is 0. The molecule has 1 fully saturated rings. The zero-order valence-electron chi connectivity index (χ0n) is 8.05. The van der Waals surface area contributed by atoms with Crippen LogP contribution >= 0.6 is 0 Å². The lowest BCUT2D eigenvalue weighted by Crippen LogP contribution is -2.42. The van der Waals surface area contributed by atoms with E-state index in [1.807, 2.05) is 11.9 Å². The van der Waals surface area contributed by atoms with Crippen molar-refractivity contribution in [3.63, 3.8) is 0 Å². The lowest BCUT2D eigenvalue weighted by Gasteiger charge is -2.30. The average molecular weight is 170 g/mol. The van der Waals surface area contributed by atoms with Gasteiger partial charge < -0.3 is 4.90 Å². The lowest BCUT2D eigenvalue weighted by atomic mass is 10.1. The minimum absolute atomic E-state index is 0.321. The van der Waals surface area contributed by atoms with Crippen LogP contribution in [-0.4, -0.2) is 42.5 Å². The fourth-order valence-corrected chi connectivity index (χ4v) is 1.40. The van der Waals surface area contributed by atoms with Gasteiger partial charge in [0.25, 0.3) is 0 Å².